The molecule has 0 bridgehead atoms. The van der Waals surface area contributed by atoms with Crippen LogP contribution in [0.15, 0.2) is 30.3 Å². The smallest absolute Gasteiger partial charge is 0.223 e. The molecule has 2 rings (SSSR count). The molecule has 0 radical (unpaired) electrons. The molecule has 122 valence electrons. The van der Waals surface area contributed by atoms with Crippen molar-refractivity contribution in [1.82, 2.24) is 4.90 Å². The molecule has 1 saturated heterocycles. The minimum absolute atomic E-state index is 0.0321. The Balaban J connectivity index is 2.06. The van der Waals surface area contributed by atoms with Gasteiger partial charge in [-0.1, -0.05) is 44.2 Å². The van der Waals surface area contributed by atoms with Gasteiger partial charge in [-0.25, -0.2) is 8.42 Å². The van der Waals surface area contributed by atoms with E-state index >= 15 is 0 Å². The molecule has 1 aromatic carbocycles. The highest BCUT2D eigenvalue weighted by Gasteiger charge is 2.33. The monoisotopic (exact) mass is 323 g/mol. The number of sulfone groups is 1. The third-order valence-corrected chi connectivity index (χ3v) is 6.33. The quantitative estimate of drug-likeness (QED) is 0.836. The second-order valence-corrected chi connectivity index (χ2v) is 8.76. The minimum atomic E-state index is -2.96. The summed E-state index contributed by atoms with van der Waals surface area (Å²) < 4.78 is 23.2. The van der Waals surface area contributed by atoms with Gasteiger partial charge in [0.15, 0.2) is 9.84 Å². The van der Waals surface area contributed by atoms with Gasteiger partial charge in [-0.05, 0) is 23.8 Å². The molecule has 0 aliphatic carbocycles. The first-order valence-electron chi connectivity index (χ1n) is 7.81. The number of rotatable bonds is 5. The SMILES string of the molecule is CC(C)C(CC(=O)N(C)C1CCS(=O)(=O)C1)c1ccccc1. The highest BCUT2D eigenvalue weighted by atomic mass is 32.2. The van der Waals surface area contributed by atoms with Gasteiger partial charge in [0.25, 0.3) is 0 Å². The van der Waals surface area contributed by atoms with E-state index < -0.39 is 9.84 Å². The molecule has 1 heterocycles. The zero-order valence-corrected chi connectivity index (χ0v) is 14.3. The molecule has 2 atom stereocenters. The van der Waals surface area contributed by atoms with Gasteiger partial charge in [-0.3, -0.25) is 4.79 Å². The molecule has 0 spiro atoms. The van der Waals surface area contributed by atoms with Crippen molar-refractivity contribution >= 4 is 15.7 Å². The number of carbonyl (C=O) groups is 1. The third kappa shape index (κ3) is 4.09. The Labute approximate surface area is 133 Å². The van der Waals surface area contributed by atoms with E-state index in [0.717, 1.165) is 0 Å². The van der Waals surface area contributed by atoms with Crippen LogP contribution in [0.5, 0.6) is 0 Å². The van der Waals surface area contributed by atoms with E-state index in [2.05, 4.69) is 26.0 Å². The lowest BCUT2D eigenvalue weighted by Crippen LogP contribution is -2.38. The van der Waals surface area contributed by atoms with Crippen molar-refractivity contribution < 1.29 is 13.2 Å². The lowest BCUT2D eigenvalue weighted by molar-refractivity contribution is -0.132. The topological polar surface area (TPSA) is 54.5 Å². The van der Waals surface area contributed by atoms with Gasteiger partial charge in [-0.15, -0.1) is 0 Å². The summed E-state index contributed by atoms with van der Waals surface area (Å²) in [5.74, 6) is 0.847. The predicted molar refractivity (Wildman–Crippen MR) is 88.5 cm³/mol. The van der Waals surface area contributed by atoms with Crippen LogP contribution < -0.4 is 0 Å². The van der Waals surface area contributed by atoms with Crippen molar-refractivity contribution in [3.05, 3.63) is 35.9 Å². The van der Waals surface area contributed by atoms with Crippen LogP contribution in [0.1, 0.15) is 38.2 Å². The van der Waals surface area contributed by atoms with Gasteiger partial charge in [0.2, 0.25) is 5.91 Å². The highest BCUT2D eigenvalue weighted by Crippen LogP contribution is 2.29. The maximum absolute atomic E-state index is 12.6. The maximum Gasteiger partial charge on any atom is 0.223 e. The van der Waals surface area contributed by atoms with Gasteiger partial charge < -0.3 is 4.90 Å². The number of benzene rings is 1. The molecule has 1 amide bonds. The number of hydrogen-bond acceptors (Lipinski definition) is 3. The summed E-state index contributed by atoms with van der Waals surface area (Å²) in [5, 5.41) is 0. The molecule has 1 aliphatic heterocycles. The molecule has 4 nitrogen and oxygen atoms in total. The fraction of sp³-hybridized carbons (Fsp3) is 0.588. The summed E-state index contributed by atoms with van der Waals surface area (Å²) >= 11 is 0. The van der Waals surface area contributed by atoms with Crippen molar-refractivity contribution in [2.45, 2.75) is 38.6 Å². The first-order chi connectivity index (χ1) is 10.3. The van der Waals surface area contributed by atoms with Crippen LogP contribution in [-0.2, 0) is 14.6 Å². The zero-order chi connectivity index (χ0) is 16.3. The first kappa shape index (κ1) is 17.0. The Morgan fingerprint density at radius 2 is 1.91 bits per heavy atom. The normalized spacial score (nSPS) is 21.7. The standard InChI is InChI=1S/C17H25NO3S/c1-13(2)16(14-7-5-4-6-8-14)11-17(19)18(3)15-9-10-22(20,21)12-15/h4-8,13,15-16H,9-12H2,1-3H3. The summed E-state index contributed by atoms with van der Waals surface area (Å²) in [6.07, 6.45) is 0.983. The highest BCUT2D eigenvalue weighted by molar-refractivity contribution is 7.91. The summed E-state index contributed by atoms with van der Waals surface area (Å²) in [6, 6.07) is 9.89. The van der Waals surface area contributed by atoms with E-state index in [9.17, 15) is 13.2 Å². The predicted octanol–water partition coefficient (Wildman–Crippen LogP) is 2.46. The summed E-state index contributed by atoms with van der Waals surface area (Å²) in [6.45, 7) is 4.23. The van der Waals surface area contributed by atoms with E-state index in [1.165, 1.54) is 5.56 Å². The van der Waals surface area contributed by atoms with Crippen LogP contribution >= 0.6 is 0 Å². The number of nitrogens with zero attached hydrogens (tertiary/aromatic N) is 1. The van der Waals surface area contributed by atoms with E-state index in [-0.39, 0.29) is 29.4 Å². The molecule has 0 aromatic heterocycles. The van der Waals surface area contributed by atoms with Crippen LogP contribution in [0.3, 0.4) is 0 Å². The lowest BCUT2D eigenvalue weighted by atomic mass is 9.85. The van der Waals surface area contributed by atoms with Gasteiger partial charge in [0.05, 0.1) is 11.5 Å². The molecule has 22 heavy (non-hydrogen) atoms. The Kier molecular flexibility index (Phi) is 5.27. The molecule has 1 aliphatic rings. The van der Waals surface area contributed by atoms with Crippen molar-refractivity contribution in [3.8, 4) is 0 Å². The molecule has 5 heteroatoms. The second-order valence-electron chi connectivity index (χ2n) is 6.53. The fourth-order valence-corrected chi connectivity index (χ4v) is 4.83. The summed E-state index contributed by atoms with van der Waals surface area (Å²) in [7, 11) is -1.23. The Hall–Kier alpha value is -1.36. The molecule has 2 unspecified atom stereocenters. The average molecular weight is 323 g/mol. The largest absolute Gasteiger partial charge is 0.342 e. The Morgan fingerprint density at radius 3 is 2.41 bits per heavy atom. The Bertz CT molecular complexity index is 610. The van der Waals surface area contributed by atoms with E-state index in [0.29, 0.717) is 18.8 Å². The van der Waals surface area contributed by atoms with E-state index in [4.69, 9.17) is 0 Å². The van der Waals surface area contributed by atoms with E-state index in [1.54, 1.807) is 11.9 Å². The van der Waals surface area contributed by atoms with Gasteiger partial charge >= 0.3 is 0 Å². The summed E-state index contributed by atoms with van der Waals surface area (Å²) in [4.78, 5) is 14.2. The van der Waals surface area contributed by atoms with Crippen LogP contribution in [0.25, 0.3) is 0 Å². The maximum atomic E-state index is 12.6. The molecular weight excluding hydrogens is 298 g/mol. The number of carbonyl (C=O) groups excluding carboxylic acids is 1. The van der Waals surface area contributed by atoms with Gasteiger partial charge in [0, 0.05) is 19.5 Å². The second kappa shape index (κ2) is 6.82. The van der Waals surface area contributed by atoms with Gasteiger partial charge in [-0.2, -0.15) is 0 Å². The van der Waals surface area contributed by atoms with Crippen molar-refractivity contribution in [3.63, 3.8) is 0 Å². The van der Waals surface area contributed by atoms with Crippen LogP contribution in [0.2, 0.25) is 0 Å². The lowest BCUT2D eigenvalue weighted by Gasteiger charge is -2.27. The summed E-state index contributed by atoms with van der Waals surface area (Å²) in [5.41, 5.74) is 1.17. The molecule has 1 fully saturated rings. The molecule has 0 N–H and O–H groups in total. The molecule has 1 aromatic rings. The third-order valence-electron chi connectivity index (χ3n) is 4.58. The van der Waals surface area contributed by atoms with Crippen LogP contribution in [-0.4, -0.2) is 43.8 Å². The number of amides is 1. The zero-order valence-electron chi connectivity index (χ0n) is 13.5. The van der Waals surface area contributed by atoms with E-state index in [1.807, 2.05) is 18.2 Å². The fourth-order valence-electron chi connectivity index (χ4n) is 3.06. The van der Waals surface area contributed by atoms with Crippen molar-refractivity contribution in [2.24, 2.45) is 5.92 Å². The minimum Gasteiger partial charge on any atom is -0.342 e. The van der Waals surface area contributed by atoms with Crippen LogP contribution in [0.4, 0.5) is 0 Å². The average Bonchev–Trinajstić information content (AvgIpc) is 2.84. The van der Waals surface area contributed by atoms with Crippen molar-refractivity contribution in [2.75, 3.05) is 18.6 Å². The molecule has 0 saturated carbocycles. The molecular formula is C17H25NO3S. The first-order valence-corrected chi connectivity index (χ1v) is 9.63. The number of hydrogen-bond donors (Lipinski definition) is 0. The van der Waals surface area contributed by atoms with Gasteiger partial charge in [0.1, 0.15) is 0 Å². The Morgan fingerprint density at radius 1 is 1.27 bits per heavy atom. The van der Waals surface area contributed by atoms with Crippen molar-refractivity contribution in [1.29, 1.82) is 0 Å². The van der Waals surface area contributed by atoms with Crippen LogP contribution in [0, 0.1) is 5.92 Å².